The average molecular weight is 583 g/mol. The van der Waals surface area contributed by atoms with E-state index >= 15 is 0 Å². The Kier molecular flexibility index (Phi) is 7.99. The number of carbonyl (C=O) groups excluding carboxylic acids is 2. The normalized spacial score (nSPS) is 15.2. The Balaban J connectivity index is 1.48. The third-order valence-corrected chi connectivity index (χ3v) is 6.02. The number of anilines is 1. The zero-order chi connectivity index (χ0) is 30.0. The molecule has 1 aliphatic rings. The summed E-state index contributed by atoms with van der Waals surface area (Å²) in [4.78, 5) is 24.5. The fourth-order valence-corrected chi connectivity index (χ4v) is 3.92. The Morgan fingerprint density at radius 1 is 0.854 bits per heavy atom. The van der Waals surface area contributed by atoms with Gasteiger partial charge >= 0.3 is 23.9 Å². The maximum atomic E-state index is 13.6. The molecule has 41 heavy (non-hydrogen) atoms. The molecular formula is C26H20F7N5O3. The van der Waals surface area contributed by atoms with Crippen LogP contribution in [0.4, 0.5) is 47.8 Å². The van der Waals surface area contributed by atoms with Crippen LogP contribution < -0.4 is 10.7 Å². The number of furan rings is 1. The summed E-state index contributed by atoms with van der Waals surface area (Å²) in [6.45, 7) is 1.44. The highest BCUT2D eigenvalue weighted by Crippen LogP contribution is 2.46. The first-order valence-corrected chi connectivity index (χ1v) is 11.9. The minimum Gasteiger partial charge on any atom is -0.455 e. The standard InChI is InChI=1S/C26H20F7N5O3/c1-14-20-18(37-38-23(40)24(27,28)25(29,30)26(31,32)33)8-5-9-19(20)41-21(14)22(39)34-15-10-12-17(13-11-15)36-35-16-6-3-2-4-7-16/h2-4,6-7,10-13H,5,8-9H2,1H3,(H,34,39)(H,38,40). The van der Waals surface area contributed by atoms with E-state index in [0.717, 1.165) is 5.43 Å². The predicted molar refractivity (Wildman–Crippen MR) is 132 cm³/mol. The number of nitrogens with one attached hydrogen (secondary N) is 2. The van der Waals surface area contributed by atoms with Crippen molar-refractivity contribution in [2.24, 2.45) is 15.3 Å². The summed E-state index contributed by atoms with van der Waals surface area (Å²) in [6, 6.07) is 15.3. The molecule has 3 aromatic rings. The van der Waals surface area contributed by atoms with Gasteiger partial charge in [-0.3, -0.25) is 9.59 Å². The van der Waals surface area contributed by atoms with Crippen molar-refractivity contribution in [2.45, 2.75) is 44.2 Å². The molecular weight excluding hydrogens is 563 g/mol. The molecule has 4 rings (SSSR count). The molecule has 0 aliphatic heterocycles. The van der Waals surface area contributed by atoms with Gasteiger partial charge in [0, 0.05) is 23.2 Å². The molecule has 0 radical (unpaired) electrons. The average Bonchev–Trinajstić information content (AvgIpc) is 3.28. The number of nitrogens with zero attached hydrogens (tertiary/aromatic N) is 3. The second kappa shape index (κ2) is 11.1. The van der Waals surface area contributed by atoms with Crippen LogP contribution in [0.5, 0.6) is 0 Å². The van der Waals surface area contributed by atoms with Gasteiger partial charge in [0.1, 0.15) is 5.76 Å². The van der Waals surface area contributed by atoms with E-state index in [1.165, 1.54) is 6.92 Å². The Hall–Kier alpha value is -4.56. The van der Waals surface area contributed by atoms with Gasteiger partial charge in [-0.15, -0.1) is 0 Å². The number of amides is 2. The fraction of sp³-hybridized carbons (Fsp3) is 0.269. The van der Waals surface area contributed by atoms with Gasteiger partial charge in [0.15, 0.2) is 5.76 Å². The molecule has 0 fully saturated rings. The highest BCUT2D eigenvalue weighted by Gasteiger charge is 2.76. The van der Waals surface area contributed by atoms with Crippen LogP contribution in [-0.4, -0.2) is 35.5 Å². The predicted octanol–water partition coefficient (Wildman–Crippen LogP) is 7.25. The van der Waals surface area contributed by atoms with Gasteiger partial charge in [0.25, 0.3) is 5.91 Å². The molecule has 0 unspecified atom stereocenters. The first-order chi connectivity index (χ1) is 19.2. The Morgan fingerprint density at radius 2 is 1.46 bits per heavy atom. The van der Waals surface area contributed by atoms with Gasteiger partial charge in [0.2, 0.25) is 0 Å². The van der Waals surface area contributed by atoms with E-state index in [1.54, 1.807) is 36.4 Å². The second-order valence-electron chi connectivity index (χ2n) is 8.89. The van der Waals surface area contributed by atoms with E-state index in [-0.39, 0.29) is 34.8 Å². The van der Waals surface area contributed by atoms with E-state index in [2.05, 4.69) is 20.6 Å². The number of halogens is 7. The highest BCUT2D eigenvalue weighted by molar-refractivity contribution is 6.09. The van der Waals surface area contributed by atoms with Gasteiger partial charge in [-0.25, -0.2) is 5.43 Å². The van der Waals surface area contributed by atoms with Crippen molar-refractivity contribution in [3.05, 3.63) is 77.2 Å². The molecule has 2 amide bonds. The van der Waals surface area contributed by atoms with Crippen molar-refractivity contribution < 1.29 is 44.7 Å². The number of benzene rings is 2. The number of aryl methyl sites for hydroxylation is 1. The number of rotatable bonds is 7. The van der Waals surface area contributed by atoms with Crippen molar-refractivity contribution >= 4 is 34.6 Å². The monoisotopic (exact) mass is 583 g/mol. The SMILES string of the molecule is Cc1c(C(=O)Nc2ccc(N=Nc3ccccc3)cc2)oc2c1C(=NNC(=O)C(F)(F)C(F)(F)C(F)(F)F)CCC2. The first-order valence-electron chi connectivity index (χ1n) is 11.9. The lowest BCUT2D eigenvalue weighted by Crippen LogP contribution is -2.58. The summed E-state index contributed by atoms with van der Waals surface area (Å²) in [6.07, 6.45) is -6.03. The van der Waals surface area contributed by atoms with Gasteiger partial charge in [-0.1, -0.05) is 18.2 Å². The van der Waals surface area contributed by atoms with E-state index in [0.29, 0.717) is 29.9 Å². The van der Waals surface area contributed by atoms with Crippen LogP contribution in [0.2, 0.25) is 0 Å². The van der Waals surface area contributed by atoms with Crippen LogP contribution in [0.15, 0.2) is 74.3 Å². The second-order valence-corrected chi connectivity index (χ2v) is 8.89. The molecule has 2 aromatic carbocycles. The molecule has 1 heterocycles. The molecule has 0 bridgehead atoms. The van der Waals surface area contributed by atoms with Crippen molar-refractivity contribution in [3.63, 3.8) is 0 Å². The van der Waals surface area contributed by atoms with Crippen molar-refractivity contribution in [2.75, 3.05) is 5.32 Å². The molecule has 8 nitrogen and oxygen atoms in total. The van der Waals surface area contributed by atoms with E-state index in [4.69, 9.17) is 4.42 Å². The van der Waals surface area contributed by atoms with Crippen LogP contribution in [0.3, 0.4) is 0 Å². The van der Waals surface area contributed by atoms with Crippen LogP contribution in [0, 0.1) is 6.92 Å². The topological polar surface area (TPSA) is 108 Å². The summed E-state index contributed by atoms with van der Waals surface area (Å²) in [5, 5.41) is 14.2. The Labute approximate surface area is 227 Å². The lowest BCUT2D eigenvalue weighted by molar-refractivity contribution is -0.344. The molecule has 15 heteroatoms. The Morgan fingerprint density at radius 3 is 2.07 bits per heavy atom. The third-order valence-electron chi connectivity index (χ3n) is 6.02. The quantitative estimate of drug-likeness (QED) is 0.174. The summed E-state index contributed by atoms with van der Waals surface area (Å²) in [5.74, 6) is -16.3. The molecule has 0 saturated carbocycles. The smallest absolute Gasteiger partial charge is 0.455 e. The number of carbonyl (C=O) groups is 2. The van der Waals surface area contributed by atoms with Crippen molar-refractivity contribution in [1.82, 2.24) is 5.43 Å². The van der Waals surface area contributed by atoms with Gasteiger partial charge < -0.3 is 9.73 Å². The zero-order valence-corrected chi connectivity index (χ0v) is 21.0. The lowest BCUT2D eigenvalue weighted by atomic mass is 9.93. The number of hydrogen-bond acceptors (Lipinski definition) is 6. The minimum atomic E-state index is -6.67. The minimum absolute atomic E-state index is 0.0367. The van der Waals surface area contributed by atoms with Gasteiger partial charge in [-0.2, -0.15) is 46.1 Å². The zero-order valence-electron chi connectivity index (χ0n) is 21.0. The molecule has 0 saturated heterocycles. The number of azo groups is 1. The highest BCUT2D eigenvalue weighted by atomic mass is 19.4. The van der Waals surface area contributed by atoms with Gasteiger partial charge in [-0.05, 0) is 56.2 Å². The third kappa shape index (κ3) is 5.98. The van der Waals surface area contributed by atoms with Crippen LogP contribution >= 0.6 is 0 Å². The molecule has 1 aliphatic carbocycles. The fourth-order valence-electron chi connectivity index (χ4n) is 3.92. The van der Waals surface area contributed by atoms with Crippen molar-refractivity contribution in [1.29, 1.82) is 0 Å². The summed E-state index contributed by atoms with van der Waals surface area (Å²) < 4.78 is 96.4. The van der Waals surface area contributed by atoms with Crippen LogP contribution in [0.1, 0.15) is 40.3 Å². The maximum Gasteiger partial charge on any atom is 0.460 e. The number of hydrogen-bond donors (Lipinski definition) is 2. The molecule has 2 N–H and O–H groups in total. The Bertz CT molecular complexity index is 1500. The van der Waals surface area contributed by atoms with Crippen LogP contribution in [0.25, 0.3) is 0 Å². The van der Waals surface area contributed by atoms with E-state index in [1.807, 2.05) is 18.2 Å². The largest absolute Gasteiger partial charge is 0.460 e. The maximum absolute atomic E-state index is 13.6. The number of hydrazone groups is 1. The van der Waals surface area contributed by atoms with E-state index in [9.17, 15) is 40.3 Å². The molecule has 216 valence electrons. The van der Waals surface area contributed by atoms with Gasteiger partial charge in [0.05, 0.1) is 17.1 Å². The van der Waals surface area contributed by atoms with E-state index < -0.39 is 29.8 Å². The summed E-state index contributed by atoms with van der Waals surface area (Å²) in [5.41, 5.74) is 2.87. The molecule has 0 spiro atoms. The number of alkyl halides is 7. The van der Waals surface area contributed by atoms with Crippen molar-refractivity contribution in [3.8, 4) is 0 Å². The molecule has 0 atom stereocenters. The molecule has 1 aromatic heterocycles. The summed E-state index contributed by atoms with van der Waals surface area (Å²) in [7, 11) is 0. The first kappa shape index (κ1) is 29.4. The summed E-state index contributed by atoms with van der Waals surface area (Å²) >= 11 is 0. The van der Waals surface area contributed by atoms with Crippen LogP contribution in [-0.2, 0) is 11.2 Å². The number of fused-ring (bicyclic) bond motifs is 1. The lowest BCUT2D eigenvalue weighted by Gasteiger charge is -2.26.